The van der Waals surface area contributed by atoms with E-state index in [1.54, 1.807) is 11.3 Å². The molecule has 1 aromatic heterocycles. The minimum Gasteiger partial charge on any atom is -0.335 e. The van der Waals surface area contributed by atoms with Crippen LogP contribution in [0.25, 0.3) is 0 Å². The second kappa shape index (κ2) is 3.79. The summed E-state index contributed by atoms with van der Waals surface area (Å²) in [6, 6.07) is 2.40. The van der Waals surface area contributed by atoms with Gasteiger partial charge in [0.2, 0.25) is 0 Å². The quantitative estimate of drug-likeness (QED) is 0.759. The molecule has 2 N–H and O–H groups in total. The van der Waals surface area contributed by atoms with Gasteiger partial charge in [0.15, 0.2) is 0 Å². The molecule has 0 radical (unpaired) electrons. The van der Waals surface area contributed by atoms with Gasteiger partial charge in [-0.25, -0.2) is 4.79 Å². The predicted octanol–water partition coefficient (Wildman–Crippen LogP) is 1.71. The van der Waals surface area contributed by atoms with Gasteiger partial charge < -0.3 is 10.6 Å². The van der Waals surface area contributed by atoms with Crippen LogP contribution in [-0.2, 0) is 6.54 Å². The van der Waals surface area contributed by atoms with Crippen LogP contribution < -0.4 is 10.6 Å². The Bertz CT molecular complexity index is 280. The van der Waals surface area contributed by atoms with Gasteiger partial charge in [0, 0.05) is 12.6 Å². The zero-order valence-corrected chi connectivity index (χ0v) is 8.06. The number of amides is 2. The van der Waals surface area contributed by atoms with E-state index in [0.717, 1.165) is 18.4 Å². The summed E-state index contributed by atoms with van der Waals surface area (Å²) >= 11 is 1.65. The average molecular weight is 196 g/mol. The number of hydrogen-bond acceptors (Lipinski definition) is 2. The normalized spacial score (nSPS) is 15.4. The molecule has 0 aliphatic heterocycles. The maximum Gasteiger partial charge on any atom is 0.315 e. The molecule has 70 valence electrons. The highest BCUT2D eigenvalue weighted by atomic mass is 32.1. The van der Waals surface area contributed by atoms with E-state index in [0.29, 0.717) is 12.6 Å². The molecule has 1 heterocycles. The Kier molecular flexibility index (Phi) is 2.49. The molecule has 2 rings (SSSR count). The molecular formula is C9H12N2OS. The number of rotatable bonds is 3. The minimum absolute atomic E-state index is 0.0475. The third kappa shape index (κ3) is 2.73. The average Bonchev–Trinajstić information content (AvgIpc) is 2.78. The SMILES string of the molecule is O=C(NCc1ccsc1)NC1CC1. The second-order valence-corrected chi connectivity index (χ2v) is 4.01. The standard InChI is InChI=1S/C9H12N2OS/c12-9(11-8-1-2-8)10-5-7-3-4-13-6-7/h3-4,6,8H,1-2,5H2,(H2,10,11,12). The Morgan fingerprint density at radius 2 is 2.46 bits per heavy atom. The molecule has 0 unspecified atom stereocenters. The monoisotopic (exact) mass is 196 g/mol. The smallest absolute Gasteiger partial charge is 0.315 e. The molecule has 1 aliphatic rings. The zero-order chi connectivity index (χ0) is 9.10. The van der Waals surface area contributed by atoms with Crippen molar-refractivity contribution in [3.8, 4) is 0 Å². The third-order valence-electron chi connectivity index (χ3n) is 1.95. The van der Waals surface area contributed by atoms with Crippen LogP contribution in [0, 0.1) is 0 Å². The van der Waals surface area contributed by atoms with Crippen LogP contribution in [0.3, 0.4) is 0 Å². The molecule has 4 heteroatoms. The van der Waals surface area contributed by atoms with Crippen LogP contribution in [-0.4, -0.2) is 12.1 Å². The Morgan fingerprint density at radius 1 is 1.62 bits per heavy atom. The highest BCUT2D eigenvalue weighted by Gasteiger charge is 2.22. The summed E-state index contributed by atoms with van der Waals surface area (Å²) in [6.07, 6.45) is 2.26. The van der Waals surface area contributed by atoms with Gasteiger partial charge in [-0.05, 0) is 35.2 Å². The van der Waals surface area contributed by atoms with Gasteiger partial charge in [-0.2, -0.15) is 11.3 Å². The van der Waals surface area contributed by atoms with Gasteiger partial charge in [0.05, 0.1) is 0 Å². The first-order chi connectivity index (χ1) is 6.34. The van der Waals surface area contributed by atoms with Crippen LogP contribution in [0.5, 0.6) is 0 Å². The highest BCUT2D eigenvalue weighted by molar-refractivity contribution is 7.07. The summed E-state index contributed by atoms with van der Waals surface area (Å²) in [5, 5.41) is 9.73. The third-order valence-corrected chi connectivity index (χ3v) is 2.68. The zero-order valence-electron chi connectivity index (χ0n) is 7.25. The van der Waals surface area contributed by atoms with Gasteiger partial charge in [-0.15, -0.1) is 0 Å². The van der Waals surface area contributed by atoms with E-state index in [9.17, 15) is 4.79 Å². The van der Waals surface area contributed by atoms with Crippen molar-refractivity contribution in [2.75, 3.05) is 0 Å². The fourth-order valence-electron chi connectivity index (χ4n) is 1.04. The summed E-state index contributed by atoms with van der Waals surface area (Å²) in [5.74, 6) is 0. The van der Waals surface area contributed by atoms with Crippen molar-refractivity contribution in [3.63, 3.8) is 0 Å². The fourth-order valence-corrected chi connectivity index (χ4v) is 1.71. The molecule has 1 aliphatic carbocycles. The topological polar surface area (TPSA) is 41.1 Å². The molecule has 1 fully saturated rings. The molecule has 0 aromatic carbocycles. The van der Waals surface area contributed by atoms with E-state index in [1.807, 2.05) is 16.8 Å². The van der Waals surface area contributed by atoms with Crippen LogP contribution >= 0.6 is 11.3 Å². The lowest BCUT2D eigenvalue weighted by Crippen LogP contribution is -2.36. The first-order valence-corrected chi connectivity index (χ1v) is 5.34. The van der Waals surface area contributed by atoms with Crippen molar-refractivity contribution in [2.45, 2.75) is 25.4 Å². The minimum atomic E-state index is -0.0475. The lowest BCUT2D eigenvalue weighted by atomic mass is 10.3. The van der Waals surface area contributed by atoms with Crippen molar-refractivity contribution >= 4 is 17.4 Å². The number of thiophene rings is 1. The van der Waals surface area contributed by atoms with E-state index in [-0.39, 0.29) is 6.03 Å². The molecule has 0 saturated heterocycles. The maximum atomic E-state index is 11.2. The van der Waals surface area contributed by atoms with Gasteiger partial charge >= 0.3 is 6.03 Å². The van der Waals surface area contributed by atoms with Crippen LogP contribution in [0.4, 0.5) is 4.79 Å². The highest BCUT2D eigenvalue weighted by Crippen LogP contribution is 2.18. The lowest BCUT2D eigenvalue weighted by Gasteiger charge is -2.04. The van der Waals surface area contributed by atoms with E-state index >= 15 is 0 Å². The van der Waals surface area contributed by atoms with Gasteiger partial charge in [-0.3, -0.25) is 0 Å². The molecule has 0 bridgehead atoms. The summed E-state index contributed by atoms with van der Waals surface area (Å²) in [5.41, 5.74) is 1.16. The molecule has 13 heavy (non-hydrogen) atoms. The van der Waals surface area contributed by atoms with Gasteiger partial charge in [-0.1, -0.05) is 0 Å². The molecule has 0 spiro atoms. The van der Waals surface area contributed by atoms with E-state index in [2.05, 4.69) is 10.6 Å². The fraction of sp³-hybridized carbons (Fsp3) is 0.444. The number of hydrogen-bond donors (Lipinski definition) is 2. The van der Waals surface area contributed by atoms with Crippen molar-refractivity contribution < 1.29 is 4.79 Å². The molecule has 2 amide bonds. The lowest BCUT2D eigenvalue weighted by molar-refractivity contribution is 0.240. The number of carbonyl (C=O) groups excluding carboxylic acids is 1. The summed E-state index contributed by atoms with van der Waals surface area (Å²) in [4.78, 5) is 11.2. The maximum absolute atomic E-state index is 11.2. The van der Waals surface area contributed by atoms with E-state index in [1.165, 1.54) is 0 Å². The van der Waals surface area contributed by atoms with Crippen LogP contribution in [0.15, 0.2) is 16.8 Å². The summed E-state index contributed by atoms with van der Waals surface area (Å²) < 4.78 is 0. The second-order valence-electron chi connectivity index (χ2n) is 3.23. The van der Waals surface area contributed by atoms with Crippen LogP contribution in [0.2, 0.25) is 0 Å². The summed E-state index contributed by atoms with van der Waals surface area (Å²) in [7, 11) is 0. The Hall–Kier alpha value is -1.03. The molecule has 0 atom stereocenters. The first-order valence-electron chi connectivity index (χ1n) is 4.40. The molecule has 1 saturated carbocycles. The Balaban J connectivity index is 1.69. The number of urea groups is 1. The Labute approximate surface area is 81.2 Å². The predicted molar refractivity (Wildman–Crippen MR) is 52.7 cm³/mol. The van der Waals surface area contributed by atoms with Crippen molar-refractivity contribution in [3.05, 3.63) is 22.4 Å². The van der Waals surface area contributed by atoms with Gasteiger partial charge in [0.1, 0.15) is 0 Å². The van der Waals surface area contributed by atoms with Crippen LogP contribution in [0.1, 0.15) is 18.4 Å². The van der Waals surface area contributed by atoms with Crippen molar-refractivity contribution in [1.29, 1.82) is 0 Å². The Morgan fingerprint density at radius 3 is 3.08 bits per heavy atom. The summed E-state index contributed by atoms with van der Waals surface area (Å²) in [6.45, 7) is 0.627. The number of nitrogens with one attached hydrogen (secondary N) is 2. The molecular weight excluding hydrogens is 184 g/mol. The van der Waals surface area contributed by atoms with Crippen molar-refractivity contribution in [1.82, 2.24) is 10.6 Å². The van der Waals surface area contributed by atoms with Gasteiger partial charge in [0.25, 0.3) is 0 Å². The first kappa shape index (κ1) is 8.56. The molecule has 1 aromatic rings. The molecule has 3 nitrogen and oxygen atoms in total. The number of carbonyl (C=O) groups is 1. The largest absolute Gasteiger partial charge is 0.335 e. The van der Waals surface area contributed by atoms with E-state index in [4.69, 9.17) is 0 Å². The van der Waals surface area contributed by atoms with E-state index < -0.39 is 0 Å². The van der Waals surface area contributed by atoms with Crippen molar-refractivity contribution in [2.24, 2.45) is 0 Å².